The van der Waals surface area contributed by atoms with Crippen LogP contribution in [0.5, 0.6) is 5.75 Å². The number of amides is 4. The number of carbonyl (C=O) groups excluding carboxylic acids is 3. The lowest BCUT2D eigenvalue weighted by atomic mass is 10.3. The molecule has 2 fully saturated rings. The molecule has 0 spiro atoms. The van der Waals surface area contributed by atoms with E-state index in [1.165, 1.54) is 9.80 Å². The van der Waals surface area contributed by atoms with Gasteiger partial charge in [0.25, 0.3) is 5.91 Å². The fourth-order valence-corrected chi connectivity index (χ4v) is 3.08. The Hall–Kier alpha value is -2.81. The number of nitrogens with zero attached hydrogens (tertiary/aromatic N) is 2. The van der Waals surface area contributed by atoms with Gasteiger partial charge in [0.2, 0.25) is 5.91 Å². The Kier molecular flexibility index (Phi) is 5.80. The summed E-state index contributed by atoms with van der Waals surface area (Å²) in [5, 5.41) is 5.46. The number of urea groups is 1. The van der Waals surface area contributed by atoms with E-state index in [-0.39, 0.29) is 24.9 Å². The Morgan fingerprint density at radius 1 is 1.15 bits per heavy atom. The monoisotopic (exact) mass is 375 g/mol. The molecule has 1 aromatic rings. The van der Waals surface area contributed by atoms with Crippen LogP contribution in [0.15, 0.2) is 24.3 Å². The van der Waals surface area contributed by atoms with E-state index in [0.717, 1.165) is 12.8 Å². The van der Waals surface area contributed by atoms with E-state index in [1.54, 1.807) is 31.4 Å². The van der Waals surface area contributed by atoms with Gasteiger partial charge in [0, 0.05) is 37.8 Å². The van der Waals surface area contributed by atoms with Crippen molar-refractivity contribution in [3.63, 3.8) is 0 Å². The number of anilines is 1. The maximum atomic E-state index is 12.8. The van der Waals surface area contributed by atoms with E-state index in [9.17, 15) is 14.4 Å². The predicted molar refractivity (Wildman–Crippen MR) is 99.0 cm³/mol. The van der Waals surface area contributed by atoms with Crippen molar-refractivity contribution in [1.29, 1.82) is 0 Å². The Morgan fingerprint density at radius 3 is 2.41 bits per heavy atom. The van der Waals surface area contributed by atoms with Crippen LogP contribution in [0.3, 0.4) is 0 Å². The van der Waals surface area contributed by atoms with Crippen LogP contribution in [0.4, 0.5) is 10.5 Å². The highest BCUT2D eigenvalue weighted by atomic mass is 16.5. The van der Waals surface area contributed by atoms with Gasteiger partial charge in [-0.2, -0.15) is 0 Å². The molecule has 3 rings (SSSR count). The van der Waals surface area contributed by atoms with Crippen molar-refractivity contribution in [2.45, 2.75) is 19.0 Å². The first kappa shape index (κ1) is 19.0. The van der Waals surface area contributed by atoms with Crippen LogP contribution in [0.25, 0.3) is 0 Å². The Balaban J connectivity index is 1.73. The number of benzene rings is 1. The SMILES string of the molecule is COc1ccc(NC(=O)N2CCN(C(=O)C3CC3)C2C(=O)NCCN)cc1. The van der Waals surface area contributed by atoms with Crippen LogP contribution in [0.2, 0.25) is 0 Å². The highest BCUT2D eigenvalue weighted by Gasteiger charge is 2.46. The molecule has 4 N–H and O–H groups in total. The highest BCUT2D eigenvalue weighted by Crippen LogP contribution is 2.33. The van der Waals surface area contributed by atoms with Crippen LogP contribution in [-0.2, 0) is 9.59 Å². The van der Waals surface area contributed by atoms with Crippen molar-refractivity contribution in [2.24, 2.45) is 11.7 Å². The molecule has 9 nitrogen and oxygen atoms in total. The molecular weight excluding hydrogens is 350 g/mol. The van der Waals surface area contributed by atoms with E-state index in [4.69, 9.17) is 10.5 Å². The van der Waals surface area contributed by atoms with Crippen molar-refractivity contribution in [3.05, 3.63) is 24.3 Å². The third-order valence-corrected chi connectivity index (χ3v) is 4.66. The van der Waals surface area contributed by atoms with E-state index in [0.29, 0.717) is 24.5 Å². The summed E-state index contributed by atoms with van der Waals surface area (Å²) >= 11 is 0. The van der Waals surface area contributed by atoms with Gasteiger partial charge in [0.1, 0.15) is 5.75 Å². The molecule has 0 aromatic heterocycles. The van der Waals surface area contributed by atoms with Gasteiger partial charge >= 0.3 is 6.03 Å². The van der Waals surface area contributed by atoms with Gasteiger partial charge in [0.15, 0.2) is 6.17 Å². The zero-order valence-electron chi connectivity index (χ0n) is 15.3. The quantitative estimate of drug-likeness (QED) is 0.656. The second kappa shape index (κ2) is 8.26. The summed E-state index contributed by atoms with van der Waals surface area (Å²) < 4.78 is 5.10. The van der Waals surface area contributed by atoms with Gasteiger partial charge < -0.3 is 26.0 Å². The Bertz CT molecular complexity index is 704. The van der Waals surface area contributed by atoms with E-state index in [2.05, 4.69) is 10.6 Å². The molecule has 1 saturated carbocycles. The number of methoxy groups -OCH3 is 1. The van der Waals surface area contributed by atoms with Gasteiger partial charge in [-0.1, -0.05) is 0 Å². The van der Waals surface area contributed by atoms with Crippen LogP contribution in [0.1, 0.15) is 12.8 Å². The number of carbonyl (C=O) groups is 3. The lowest BCUT2D eigenvalue weighted by Crippen LogP contribution is -2.55. The second-order valence-corrected chi connectivity index (χ2v) is 6.61. The molecule has 1 aliphatic carbocycles. The average molecular weight is 375 g/mol. The normalized spacial score (nSPS) is 19.0. The number of hydrogen-bond acceptors (Lipinski definition) is 5. The number of hydrogen-bond donors (Lipinski definition) is 3. The second-order valence-electron chi connectivity index (χ2n) is 6.61. The average Bonchev–Trinajstić information content (AvgIpc) is 3.44. The summed E-state index contributed by atoms with van der Waals surface area (Å²) in [5.41, 5.74) is 6.03. The minimum Gasteiger partial charge on any atom is -0.497 e. The Morgan fingerprint density at radius 2 is 1.81 bits per heavy atom. The van der Waals surface area contributed by atoms with Crippen molar-refractivity contribution < 1.29 is 19.1 Å². The minimum atomic E-state index is -0.956. The van der Waals surface area contributed by atoms with Gasteiger partial charge in [-0.05, 0) is 37.1 Å². The molecule has 0 bridgehead atoms. The first-order valence-corrected chi connectivity index (χ1v) is 9.05. The molecule has 1 unspecified atom stereocenters. The molecular formula is C18H25N5O4. The summed E-state index contributed by atoms with van der Waals surface area (Å²) in [6.07, 6.45) is 0.720. The fourth-order valence-electron chi connectivity index (χ4n) is 3.08. The summed E-state index contributed by atoms with van der Waals surface area (Å²) in [5.74, 6) is 0.188. The zero-order chi connectivity index (χ0) is 19.4. The number of nitrogens with two attached hydrogens (primary N) is 1. The lowest BCUT2D eigenvalue weighted by molar-refractivity contribution is -0.142. The van der Waals surface area contributed by atoms with E-state index in [1.807, 2.05) is 0 Å². The van der Waals surface area contributed by atoms with Crippen molar-refractivity contribution in [2.75, 3.05) is 38.6 Å². The van der Waals surface area contributed by atoms with Gasteiger partial charge in [0.05, 0.1) is 7.11 Å². The molecule has 2 aliphatic rings. The smallest absolute Gasteiger partial charge is 0.323 e. The first-order chi connectivity index (χ1) is 13.0. The van der Waals surface area contributed by atoms with Gasteiger partial charge in [-0.15, -0.1) is 0 Å². The third-order valence-electron chi connectivity index (χ3n) is 4.66. The van der Waals surface area contributed by atoms with Crippen molar-refractivity contribution in [3.8, 4) is 5.75 Å². The largest absolute Gasteiger partial charge is 0.497 e. The van der Waals surface area contributed by atoms with Crippen molar-refractivity contribution >= 4 is 23.5 Å². The first-order valence-electron chi connectivity index (χ1n) is 9.05. The summed E-state index contributed by atoms with van der Waals surface area (Å²) in [6.45, 7) is 1.20. The maximum absolute atomic E-state index is 12.8. The third kappa shape index (κ3) is 4.30. The molecule has 9 heteroatoms. The van der Waals surface area contributed by atoms with Crippen LogP contribution >= 0.6 is 0 Å². The fraction of sp³-hybridized carbons (Fsp3) is 0.500. The molecule has 27 heavy (non-hydrogen) atoms. The number of nitrogens with one attached hydrogen (secondary N) is 2. The Labute approximate surface area is 157 Å². The molecule has 146 valence electrons. The predicted octanol–water partition coefficient (Wildman–Crippen LogP) is 0.182. The summed E-state index contributed by atoms with van der Waals surface area (Å²) in [4.78, 5) is 40.8. The number of rotatable bonds is 6. The summed E-state index contributed by atoms with van der Waals surface area (Å²) in [7, 11) is 1.56. The van der Waals surface area contributed by atoms with Gasteiger partial charge in [-0.25, -0.2) is 4.79 Å². The molecule has 1 aromatic carbocycles. The highest BCUT2D eigenvalue weighted by molar-refractivity contribution is 5.96. The molecule has 1 atom stereocenters. The van der Waals surface area contributed by atoms with E-state index >= 15 is 0 Å². The van der Waals surface area contributed by atoms with Crippen LogP contribution < -0.4 is 21.1 Å². The van der Waals surface area contributed by atoms with Crippen molar-refractivity contribution in [1.82, 2.24) is 15.1 Å². The van der Waals surface area contributed by atoms with Gasteiger partial charge in [-0.3, -0.25) is 14.5 Å². The minimum absolute atomic E-state index is 0.0283. The van der Waals surface area contributed by atoms with Crippen LogP contribution in [0, 0.1) is 5.92 Å². The molecule has 4 amide bonds. The molecule has 1 saturated heterocycles. The molecule has 1 heterocycles. The standard InChI is InChI=1S/C18H25N5O4/c1-27-14-6-4-13(5-7-14)21-18(26)23-11-10-22(17(25)12-2-3-12)16(23)15(24)20-9-8-19/h4-7,12,16H,2-3,8-11,19H2,1H3,(H,20,24)(H,21,26). The number of ether oxygens (including phenoxy) is 1. The lowest BCUT2D eigenvalue weighted by Gasteiger charge is -2.29. The zero-order valence-corrected chi connectivity index (χ0v) is 15.3. The summed E-state index contributed by atoms with van der Waals surface area (Å²) in [6, 6.07) is 6.45. The van der Waals surface area contributed by atoms with E-state index < -0.39 is 18.1 Å². The molecule has 0 radical (unpaired) electrons. The molecule has 1 aliphatic heterocycles. The topological polar surface area (TPSA) is 117 Å². The maximum Gasteiger partial charge on any atom is 0.323 e. The van der Waals surface area contributed by atoms with Crippen LogP contribution in [-0.4, -0.2) is 67.1 Å².